The average molecular weight is 291 g/mol. The van der Waals surface area contributed by atoms with Crippen molar-refractivity contribution in [2.75, 3.05) is 5.32 Å². The summed E-state index contributed by atoms with van der Waals surface area (Å²) in [7, 11) is 0. The second-order valence-electron chi connectivity index (χ2n) is 3.79. The zero-order valence-electron chi connectivity index (χ0n) is 9.55. The minimum absolute atomic E-state index is 0.288. The monoisotopic (exact) mass is 290 g/mol. The van der Waals surface area contributed by atoms with Crippen LogP contribution in [0, 0.1) is 11.3 Å². The van der Waals surface area contributed by atoms with Crippen molar-refractivity contribution in [3.8, 4) is 6.07 Å². The number of hydrogen-bond donors (Lipinski definition) is 1. The minimum atomic E-state index is 0.288. The topological polar surface area (TPSA) is 74.7 Å². The van der Waals surface area contributed by atoms with E-state index >= 15 is 0 Å². The van der Waals surface area contributed by atoms with E-state index in [1.54, 1.807) is 18.2 Å². The lowest BCUT2D eigenvalue weighted by molar-refractivity contribution is 0.506. The molecule has 0 unspecified atom stereocenters. The summed E-state index contributed by atoms with van der Waals surface area (Å²) < 4.78 is 13.7. The molecule has 2 heterocycles. The van der Waals surface area contributed by atoms with Gasteiger partial charge in [0.2, 0.25) is 5.76 Å². The smallest absolute Gasteiger partial charge is 0.203 e. The molecule has 1 N–H and O–H groups in total. The highest BCUT2D eigenvalue weighted by atomic mass is 35.5. The van der Waals surface area contributed by atoms with Crippen LogP contribution in [0.3, 0.4) is 0 Å². The Labute approximate surface area is 117 Å². The number of nitrogens with zero attached hydrogens (tertiary/aromatic N) is 3. The fraction of sp³-hybridized carbons (Fsp3) is 0.0833. The minimum Gasteiger partial charge on any atom is -0.449 e. The van der Waals surface area contributed by atoms with E-state index in [1.807, 2.05) is 12.1 Å². The van der Waals surface area contributed by atoms with E-state index in [4.69, 9.17) is 21.3 Å². The molecule has 5 nitrogen and oxygen atoms in total. The van der Waals surface area contributed by atoms with Crippen LogP contribution in [-0.4, -0.2) is 8.75 Å². The number of nitriles is 1. The summed E-state index contributed by atoms with van der Waals surface area (Å²) in [6.07, 6.45) is 0. The number of halogens is 1. The zero-order valence-corrected chi connectivity index (χ0v) is 11.1. The van der Waals surface area contributed by atoms with Gasteiger partial charge < -0.3 is 9.73 Å². The standard InChI is InChI=1S/C12H7ClN4OS/c13-9-3-4-10-12(17-19-16-10)11(9)15-6-8-2-1-7(5-14)18-8/h1-4,15H,6H2. The highest BCUT2D eigenvalue weighted by Gasteiger charge is 2.10. The van der Waals surface area contributed by atoms with Crippen LogP contribution in [0.5, 0.6) is 0 Å². The molecular formula is C12H7ClN4OS. The highest BCUT2D eigenvalue weighted by Crippen LogP contribution is 2.30. The van der Waals surface area contributed by atoms with Gasteiger partial charge in [-0.25, -0.2) is 0 Å². The van der Waals surface area contributed by atoms with E-state index in [9.17, 15) is 0 Å². The van der Waals surface area contributed by atoms with E-state index < -0.39 is 0 Å². The van der Waals surface area contributed by atoms with Gasteiger partial charge in [-0.2, -0.15) is 14.0 Å². The third-order valence-corrected chi connectivity index (χ3v) is 3.45. The molecule has 0 aliphatic heterocycles. The maximum Gasteiger partial charge on any atom is 0.203 e. The lowest BCUT2D eigenvalue weighted by Gasteiger charge is -2.06. The number of fused-ring (bicyclic) bond motifs is 1. The molecule has 0 radical (unpaired) electrons. The molecule has 0 aliphatic rings. The van der Waals surface area contributed by atoms with Gasteiger partial charge in [0.25, 0.3) is 0 Å². The lowest BCUT2D eigenvalue weighted by Crippen LogP contribution is -1.99. The summed E-state index contributed by atoms with van der Waals surface area (Å²) in [6, 6.07) is 8.92. The molecule has 0 fully saturated rings. The fourth-order valence-corrected chi connectivity index (χ4v) is 2.47. The first kappa shape index (κ1) is 12.0. The van der Waals surface area contributed by atoms with Gasteiger partial charge in [0, 0.05) is 0 Å². The van der Waals surface area contributed by atoms with Crippen LogP contribution >= 0.6 is 23.3 Å². The van der Waals surface area contributed by atoms with Crippen molar-refractivity contribution in [1.82, 2.24) is 8.75 Å². The predicted octanol–water partition coefficient (Wildman–Crippen LogP) is 3.42. The first-order valence-corrected chi connectivity index (χ1v) is 6.52. The summed E-state index contributed by atoms with van der Waals surface area (Å²) in [5.41, 5.74) is 2.27. The maximum absolute atomic E-state index is 8.69. The van der Waals surface area contributed by atoms with Crippen molar-refractivity contribution in [3.05, 3.63) is 40.8 Å². The quantitative estimate of drug-likeness (QED) is 0.800. The van der Waals surface area contributed by atoms with Crippen molar-refractivity contribution < 1.29 is 4.42 Å². The summed E-state index contributed by atoms with van der Waals surface area (Å²) in [5.74, 6) is 0.948. The first-order chi connectivity index (χ1) is 9.28. The Bertz CT molecular complexity index is 773. The van der Waals surface area contributed by atoms with E-state index in [2.05, 4.69) is 14.1 Å². The maximum atomic E-state index is 8.69. The van der Waals surface area contributed by atoms with Crippen molar-refractivity contribution in [3.63, 3.8) is 0 Å². The van der Waals surface area contributed by atoms with E-state index in [0.717, 1.165) is 28.4 Å². The van der Waals surface area contributed by atoms with Gasteiger partial charge in [-0.3, -0.25) is 0 Å². The van der Waals surface area contributed by atoms with Crippen molar-refractivity contribution in [2.45, 2.75) is 6.54 Å². The largest absolute Gasteiger partial charge is 0.449 e. The summed E-state index contributed by atoms with van der Waals surface area (Å²) in [4.78, 5) is 0. The van der Waals surface area contributed by atoms with Gasteiger partial charge in [0.1, 0.15) is 22.9 Å². The fourth-order valence-electron chi connectivity index (χ4n) is 1.70. The Morgan fingerprint density at radius 2 is 2.21 bits per heavy atom. The number of aromatic nitrogens is 2. The third-order valence-electron chi connectivity index (χ3n) is 2.59. The molecule has 0 amide bonds. The lowest BCUT2D eigenvalue weighted by atomic mass is 10.2. The van der Waals surface area contributed by atoms with Crippen LogP contribution in [0.4, 0.5) is 5.69 Å². The second-order valence-corrected chi connectivity index (χ2v) is 4.72. The molecule has 3 aromatic rings. The Morgan fingerprint density at radius 1 is 1.32 bits per heavy atom. The van der Waals surface area contributed by atoms with Crippen LogP contribution < -0.4 is 5.32 Å². The summed E-state index contributed by atoms with van der Waals surface area (Å²) in [6.45, 7) is 0.429. The van der Waals surface area contributed by atoms with Crippen LogP contribution in [0.1, 0.15) is 11.5 Å². The second kappa shape index (κ2) is 4.88. The number of nitrogens with one attached hydrogen (secondary N) is 1. The third kappa shape index (κ3) is 2.26. The molecule has 0 spiro atoms. The number of anilines is 1. The first-order valence-electron chi connectivity index (χ1n) is 5.41. The van der Waals surface area contributed by atoms with E-state index in [0.29, 0.717) is 17.3 Å². The molecule has 7 heteroatoms. The number of rotatable bonds is 3. The van der Waals surface area contributed by atoms with Gasteiger partial charge >= 0.3 is 0 Å². The molecule has 0 atom stereocenters. The summed E-state index contributed by atoms with van der Waals surface area (Å²) >= 11 is 7.29. The van der Waals surface area contributed by atoms with Gasteiger partial charge in [-0.15, -0.1) is 0 Å². The zero-order chi connectivity index (χ0) is 13.2. The Kier molecular flexibility index (Phi) is 3.07. The Balaban J connectivity index is 1.87. The van der Waals surface area contributed by atoms with E-state index in [1.165, 1.54) is 0 Å². The molecule has 3 rings (SSSR count). The predicted molar refractivity (Wildman–Crippen MR) is 73.2 cm³/mol. The molecule has 94 valence electrons. The number of hydrogen-bond acceptors (Lipinski definition) is 6. The average Bonchev–Trinajstić information content (AvgIpc) is 3.05. The molecule has 1 aromatic carbocycles. The van der Waals surface area contributed by atoms with Crippen LogP contribution in [0.25, 0.3) is 11.0 Å². The number of benzene rings is 1. The van der Waals surface area contributed by atoms with Gasteiger partial charge in [-0.1, -0.05) is 11.6 Å². The van der Waals surface area contributed by atoms with Crippen LogP contribution in [-0.2, 0) is 6.54 Å². The van der Waals surface area contributed by atoms with Crippen LogP contribution in [0.15, 0.2) is 28.7 Å². The Morgan fingerprint density at radius 3 is 3.00 bits per heavy atom. The molecule has 19 heavy (non-hydrogen) atoms. The SMILES string of the molecule is N#Cc1ccc(CNc2c(Cl)ccc3nsnc23)o1. The van der Waals surface area contributed by atoms with Gasteiger partial charge in [0.15, 0.2) is 0 Å². The highest BCUT2D eigenvalue weighted by molar-refractivity contribution is 7.00. The van der Waals surface area contributed by atoms with Gasteiger partial charge in [-0.05, 0) is 24.3 Å². The van der Waals surface area contributed by atoms with Crippen molar-refractivity contribution in [1.29, 1.82) is 5.26 Å². The molecule has 0 aliphatic carbocycles. The van der Waals surface area contributed by atoms with Crippen LogP contribution in [0.2, 0.25) is 5.02 Å². The molecule has 2 aromatic heterocycles. The Hall–Kier alpha value is -2.10. The molecule has 0 bridgehead atoms. The number of furan rings is 1. The van der Waals surface area contributed by atoms with Gasteiger partial charge in [0.05, 0.1) is 29.0 Å². The van der Waals surface area contributed by atoms with Crippen molar-refractivity contribution >= 4 is 40.0 Å². The summed E-state index contributed by atoms with van der Waals surface area (Å²) in [5, 5.41) is 12.4. The van der Waals surface area contributed by atoms with Crippen molar-refractivity contribution in [2.24, 2.45) is 0 Å². The molecule has 0 saturated carbocycles. The normalized spacial score (nSPS) is 10.5. The molecular weight excluding hydrogens is 284 g/mol. The molecule has 0 saturated heterocycles. The van der Waals surface area contributed by atoms with E-state index in [-0.39, 0.29) is 5.76 Å².